The van der Waals surface area contributed by atoms with Crippen molar-refractivity contribution in [2.45, 2.75) is 28.5 Å². The Morgan fingerprint density at radius 1 is 1.14 bits per heavy atom. The highest BCUT2D eigenvalue weighted by Gasteiger charge is 2.76. The topological polar surface area (TPSA) is 121 Å². The van der Waals surface area contributed by atoms with Gasteiger partial charge in [0.2, 0.25) is 11.8 Å². The number of carbonyl (C=O) groups excluding carboxylic acids is 5. The van der Waals surface area contributed by atoms with Gasteiger partial charge >= 0.3 is 6.09 Å². The van der Waals surface area contributed by atoms with Gasteiger partial charge in [-0.25, -0.2) is 4.79 Å². The number of hydrogen-bond donors (Lipinski definition) is 1. The number of phenols is 1. The number of imide groups is 4. The monoisotopic (exact) mass is 584 g/mol. The van der Waals surface area contributed by atoms with Crippen LogP contribution in [0.1, 0.15) is 24.3 Å². The number of rotatable bonds is 1. The molecule has 4 aliphatic rings. The molecule has 0 unspecified atom stereocenters. The van der Waals surface area contributed by atoms with Crippen LogP contribution in [0.2, 0.25) is 0 Å². The number of hydrogen-bond acceptors (Lipinski definition) is 7. The van der Waals surface area contributed by atoms with E-state index in [-0.39, 0.29) is 24.2 Å². The summed E-state index contributed by atoms with van der Waals surface area (Å²) in [7, 11) is 2.34. The Hall–Kier alpha value is -2.43. The average molecular weight is 586 g/mol. The number of aromatic hydroxyl groups is 1. The molecule has 1 aromatic rings. The van der Waals surface area contributed by atoms with E-state index in [4.69, 9.17) is 23.2 Å². The molecule has 1 N–H and O–H groups in total. The molecule has 0 bridgehead atoms. The van der Waals surface area contributed by atoms with E-state index >= 15 is 0 Å². The number of nitrogens with zero attached hydrogens (tertiary/aromatic N) is 2. The molecule has 2 aliphatic heterocycles. The Morgan fingerprint density at radius 2 is 1.83 bits per heavy atom. The van der Waals surface area contributed by atoms with Crippen molar-refractivity contribution in [2.24, 2.45) is 17.8 Å². The van der Waals surface area contributed by atoms with Gasteiger partial charge in [-0.15, -0.1) is 23.2 Å². The van der Waals surface area contributed by atoms with Crippen LogP contribution in [0.5, 0.6) is 5.75 Å². The molecule has 6 atom stereocenters. The smallest absolute Gasteiger partial charge is 0.423 e. The molecule has 0 aromatic heterocycles. The fourth-order valence-corrected chi connectivity index (χ4v) is 7.51. The second-order valence-corrected chi connectivity index (χ2v) is 11.3. The number of carbonyl (C=O) groups is 5. The Kier molecular flexibility index (Phi) is 5.40. The Bertz CT molecular complexity index is 1270. The van der Waals surface area contributed by atoms with Crippen molar-refractivity contribution in [1.29, 1.82) is 0 Å². The van der Waals surface area contributed by atoms with Crippen molar-refractivity contribution in [2.75, 3.05) is 14.2 Å². The number of fused-ring (bicyclic) bond motifs is 4. The third kappa shape index (κ3) is 2.90. The van der Waals surface area contributed by atoms with Crippen molar-refractivity contribution >= 4 is 68.9 Å². The van der Waals surface area contributed by atoms with Gasteiger partial charge in [0, 0.05) is 23.0 Å². The van der Waals surface area contributed by atoms with Gasteiger partial charge in [0.15, 0.2) is 9.75 Å². The molecule has 0 radical (unpaired) electrons. The zero-order valence-corrected chi connectivity index (χ0v) is 21.6. The summed E-state index contributed by atoms with van der Waals surface area (Å²) in [6.07, 6.45) is 0.505. The zero-order chi connectivity index (χ0) is 25.6. The van der Waals surface area contributed by atoms with Gasteiger partial charge in [0.25, 0.3) is 11.8 Å². The summed E-state index contributed by atoms with van der Waals surface area (Å²) >= 11 is 17.4. The maximum Gasteiger partial charge on any atom is 0.423 e. The van der Waals surface area contributed by atoms with Crippen LogP contribution >= 0.6 is 39.1 Å². The predicted molar refractivity (Wildman–Crippen MR) is 126 cm³/mol. The molecule has 35 heavy (non-hydrogen) atoms. The largest absolute Gasteiger partial charge is 0.508 e. The van der Waals surface area contributed by atoms with E-state index < -0.39 is 63.1 Å². The standard InChI is InChI=1S/C23H19BrCl2N2O7/c1-27-19(32)22(25)8-13-10(4-5-11-15(13)18(31)28(17(11)30)21(34)35-2)16(23(22,26)20(27)33)12-7-9(24)3-6-14(12)29/h3-4,6-7,11,13,15-16,29H,5,8H2,1-2H3/t11-,13+,15-,16+,22+,23-/m0/s1. The van der Waals surface area contributed by atoms with Crippen LogP contribution in [0.4, 0.5) is 4.79 Å². The minimum atomic E-state index is -2.00. The minimum absolute atomic E-state index is 0.0973. The van der Waals surface area contributed by atoms with Crippen LogP contribution < -0.4 is 0 Å². The molecule has 12 heteroatoms. The van der Waals surface area contributed by atoms with E-state index in [1.165, 1.54) is 13.1 Å². The van der Waals surface area contributed by atoms with E-state index in [1.807, 2.05) is 0 Å². The molecule has 2 saturated heterocycles. The number of phenolic OH excluding ortho intramolecular Hbond substituents is 1. The number of benzene rings is 1. The Balaban J connectivity index is 1.74. The number of likely N-dealkylation sites (tertiary alicyclic amines) is 2. The molecule has 2 heterocycles. The summed E-state index contributed by atoms with van der Waals surface area (Å²) in [4.78, 5) is 62.6. The fourth-order valence-electron chi connectivity index (χ4n) is 6.12. The van der Waals surface area contributed by atoms with E-state index in [2.05, 4.69) is 20.7 Å². The number of amides is 5. The van der Waals surface area contributed by atoms with Crippen molar-refractivity contribution in [1.82, 2.24) is 9.80 Å². The Labute approximate surface area is 218 Å². The van der Waals surface area contributed by atoms with Crippen LogP contribution in [-0.4, -0.2) is 68.5 Å². The molecule has 3 fully saturated rings. The first-order valence-corrected chi connectivity index (χ1v) is 12.3. The van der Waals surface area contributed by atoms with E-state index in [0.29, 0.717) is 14.9 Å². The lowest BCUT2D eigenvalue weighted by Gasteiger charge is -2.50. The summed E-state index contributed by atoms with van der Waals surface area (Å²) < 4.78 is 5.20. The van der Waals surface area contributed by atoms with Crippen LogP contribution in [-0.2, 0) is 23.9 Å². The number of methoxy groups -OCH3 is 1. The number of allylic oxidation sites excluding steroid dienone is 2. The number of alkyl halides is 2. The summed E-state index contributed by atoms with van der Waals surface area (Å²) in [6.45, 7) is 0. The second-order valence-electron chi connectivity index (χ2n) is 9.18. The van der Waals surface area contributed by atoms with Gasteiger partial charge in [-0.3, -0.25) is 24.1 Å². The Morgan fingerprint density at radius 3 is 2.49 bits per heavy atom. The lowest BCUT2D eigenvalue weighted by atomic mass is 9.56. The molecule has 5 amide bonds. The normalized spacial score (nSPS) is 36.1. The number of halogens is 3. The van der Waals surface area contributed by atoms with Crippen molar-refractivity contribution in [3.63, 3.8) is 0 Å². The quantitative estimate of drug-likeness (QED) is 0.305. The summed E-state index contributed by atoms with van der Waals surface area (Å²) in [5.74, 6) is -6.85. The fraction of sp³-hybridized carbons (Fsp3) is 0.435. The first-order chi connectivity index (χ1) is 16.4. The van der Waals surface area contributed by atoms with Crippen LogP contribution in [0.15, 0.2) is 34.3 Å². The van der Waals surface area contributed by atoms with Crippen molar-refractivity contribution in [3.05, 3.63) is 39.9 Å². The predicted octanol–water partition coefficient (Wildman–Crippen LogP) is 2.91. The summed E-state index contributed by atoms with van der Waals surface area (Å²) in [5.41, 5.74) is 0.752. The first kappa shape index (κ1) is 24.3. The van der Waals surface area contributed by atoms with E-state index in [0.717, 1.165) is 12.0 Å². The third-order valence-electron chi connectivity index (χ3n) is 7.67. The van der Waals surface area contributed by atoms with Gasteiger partial charge in [-0.1, -0.05) is 27.6 Å². The lowest BCUT2D eigenvalue weighted by molar-refractivity contribution is -0.139. The molecule has 9 nitrogen and oxygen atoms in total. The first-order valence-electron chi connectivity index (χ1n) is 10.7. The maximum absolute atomic E-state index is 13.4. The average Bonchev–Trinajstić information content (AvgIpc) is 3.15. The van der Waals surface area contributed by atoms with Gasteiger partial charge < -0.3 is 9.84 Å². The van der Waals surface area contributed by atoms with Gasteiger partial charge in [-0.05, 0) is 37.0 Å². The van der Waals surface area contributed by atoms with E-state index in [1.54, 1.807) is 18.2 Å². The molecule has 1 aromatic carbocycles. The van der Waals surface area contributed by atoms with Crippen LogP contribution in [0, 0.1) is 17.8 Å². The highest BCUT2D eigenvalue weighted by atomic mass is 79.9. The molecule has 5 rings (SSSR count). The highest BCUT2D eigenvalue weighted by Crippen LogP contribution is 2.66. The number of ether oxygens (including phenoxy) is 1. The minimum Gasteiger partial charge on any atom is -0.508 e. The zero-order valence-electron chi connectivity index (χ0n) is 18.5. The molecular weight excluding hydrogens is 567 g/mol. The van der Waals surface area contributed by atoms with Gasteiger partial charge in [0.1, 0.15) is 5.75 Å². The second kappa shape index (κ2) is 7.78. The lowest BCUT2D eigenvalue weighted by Crippen LogP contribution is -2.60. The van der Waals surface area contributed by atoms with Gasteiger partial charge in [0.05, 0.1) is 18.9 Å². The molecule has 0 spiro atoms. The highest BCUT2D eigenvalue weighted by molar-refractivity contribution is 9.10. The van der Waals surface area contributed by atoms with Crippen LogP contribution in [0.25, 0.3) is 0 Å². The molecule has 2 aliphatic carbocycles. The molecule has 184 valence electrons. The summed E-state index contributed by atoms with van der Waals surface area (Å²) in [6, 6.07) is 4.59. The van der Waals surface area contributed by atoms with Crippen LogP contribution in [0.3, 0.4) is 0 Å². The molecule has 1 saturated carbocycles. The molecular formula is C23H19BrCl2N2O7. The summed E-state index contributed by atoms with van der Waals surface area (Å²) in [5, 5.41) is 10.8. The van der Waals surface area contributed by atoms with Gasteiger partial charge in [-0.2, -0.15) is 4.90 Å². The van der Waals surface area contributed by atoms with Crippen molar-refractivity contribution in [3.8, 4) is 5.75 Å². The van der Waals surface area contributed by atoms with Crippen molar-refractivity contribution < 1.29 is 33.8 Å². The maximum atomic E-state index is 13.4. The SMILES string of the molecule is COC(=O)N1C(=O)[C@H]2[C@H](CC=C3[C@H]2C[C@@]2(Cl)C(=O)N(C)C(=O)[C@@]2(Cl)[C@H]3c2cc(Br)ccc2O)C1=O. The third-order valence-corrected chi connectivity index (χ3v) is 9.58. The van der Waals surface area contributed by atoms with E-state index in [9.17, 15) is 29.1 Å².